The standard InChI is InChI=1S/C10H20O4/c1-5-8(2)12-6-7-13-10(4)14-9(3)11/h8,10H,5-7H2,1-4H3. The highest BCUT2D eigenvalue weighted by Gasteiger charge is 2.05. The summed E-state index contributed by atoms with van der Waals surface area (Å²) in [5.41, 5.74) is 0. The van der Waals surface area contributed by atoms with E-state index in [2.05, 4.69) is 6.92 Å². The van der Waals surface area contributed by atoms with E-state index in [4.69, 9.17) is 14.2 Å². The van der Waals surface area contributed by atoms with Crippen LogP contribution in [0.5, 0.6) is 0 Å². The number of carbonyl (C=O) groups excluding carboxylic acids is 1. The largest absolute Gasteiger partial charge is 0.436 e. The van der Waals surface area contributed by atoms with Gasteiger partial charge in [-0.3, -0.25) is 4.79 Å². The van der Waals surface area contributed by atoms with E-state index >= 15 is 0 Å². The zero-order chi connectivity index (χ0) is 11.0. The van der Waals surface area contributed by atoms with E-state index < -0.39 is 6.29 Å². The summed E-state index contributed by atoms with van der Waals surface area (Å²) in [6.07, 6.45) is 0.745. The van der Waals surface area contributed by atoms with Crippen LogP contribution in [0.25, 0.3) is 0 Å². The maximum Gasteiger partial charge on any atom is 0.304 e. The van der Waals surface area contributed by atoms with Crippen LogP contribution in [-0.4, -0.2) is 31.6 Å². The molecule has 0 aliphatic rings. The van der Waals surface area contributed by atoms with Crippen LogP contribution in [0, 0.1) is 0 Å². The summed E-state index contributed by atoms with van der Waals surface area (Å²) in [7, 11) is 0. The van der Waals surface area contributed by atoms with Crippen LogP contribution in [-0.2, 0) is 19.0 Å². The molecule has 0 aliphatic carbocycles. The fraction of sp³-hybridized carbons (Fsp3) is 0.900. The third-order valence-electron chi connectivity index (χ3n) is 1.75. The lowest BCUT2D eigenvalue weighted by Crippen LogP contribution is -2.20. The molecule has 0 bridgehead atoms. The Morgan fingerprint density at radius 1 is 1.21 bits per heavy atom. The molecular weight excluding hydrogens is 184 g/mol. The summed E-state index contributed by atoms with van der Waals surface area (Å²) in [5.74, 6) is -0.333. The summed E-state index contributed by atoms with van der Waals surface area (Å²) in [6, 6.07) is 0. The molecule has 0 aromatic rings. The van der Waals surface area contributed by atoms with Gasteiger partial charge in [-0.1, -0.05) is 6.92 Å². The van der Waals surface area contributed by atoms with Gasteiger partial charge in [0.2, 0.25) is 0 Å². The molecule has 84 valence electrons. The van der Waals surface area contributed by atoms with E-state index in [0.717, 1.165) is 6.42 Å². The Morgan fingerprint density at radius 2 is 1.79 bits per heavy atom. The first-order valence-electron chi connectivity index (χ1n) is 4.96. The van der Waals surface area contributed by atoms with Gasteiger partial charge in [-0.2, -0.15) is 0 Å². The van der Waals surface area contributed by atoms with Gasteiger partial charge in [-0.15, -0.1) is 0 Å². The van der Waals surface area contributed by atoms with Gasteiger partial charge in [-0.25, -0.2) is 0 Å². The second-order valence-electron chi connectivity index (χ2n) is 3.14. The first-order valence-corrected chi connectivity index (χ1v) is 4.96. The fourth-order valence-electron chi connectivity index (χ4n) is 0.849. The van der Waals surface area contributed by atoms with E-state index in [1.165, 1.54) is 6.92 Å². The lowest BCUT2D eigenvalue weighted by molar-refractivity contribution is -0.175. The maximum atomic E-state index is 10.5. The molecule has 0 fully saturated rings. The predicted octanol–water partition coefficient (Wildman–Crippen LogP) is 1.73. The van der Waals surface area contributed by atoms with Gasteiger partial charge in [0.15, 0.2) is 6.29 Å². The van der Waals surface area contributed by atoms with E-state index in [9.17, 15) is 4.79 Å². The van der Waals surface area contributed by atoms with Crippen molar-refractivity contribution in [1.29, 1.82) is 0 Å². The van der Waals surface area contributed by atoms with Gasteiger partial charge in [0.25, 0.3) is 0 Å². The molecule has 0 radical (unpaired) electrons. The molecule has 0 spiro atoms. The average Bonchev–Trinajstić information content (AvgIpc) is 2.10. The summed E-state index contributed by atoms with van der Waals surface area (Å²) in [4.78, 5) is 10.5. The third-order valence-corrected chi connectivity index (χ3v) is 1.75. The Morgan fingerprint density at radius 3 is 2.29 bits per heavy atom. The van der Waals surface area contributed by atoms with Crippen LogP contribution in [0.2, 0.25) is 0 Å². The molecule has 0 aromatic carbocycles. The zero-order valence-corrected chi connectivity index (χ0v) is 9.41. The van der Waals surface area contributed by atoms with Crippen molar-refractivity contribution in [2.45, 2.75) is 46.5 Å². The average molecular weight is 204 g/mol. The predicted molar refractivity (Wildman–Crippen MR) is 52.9 cm³/mol. The van der Waals surface area contributed by atoms with Crippen molar-refractivity contribution in [2.75, 3.05) is 13.2 Å². The van der Waals surface area contributed by atoms with Crippen molar-refractivity contribution in [3.8, 4) is 0 Å². The molecule has 0 rings (SSSR count). The molecule has 0 N–H and O–H groups in total. The number of esters is 1. The highest BCUT2D eigenvalue weighted by molar-refractivity contribution is 5.65. The van der Waals surface area contributed by atoms with Gasteiger partial charge < -0.3 is 14.2 Å². The second-order valence-corrected chi connectivity index (χ2v) is 3.14. The minimum absolute atomic E-state index is 0.252. The molecule has 2 unspecified atom stereocenters. The van der Waals surface area contributed by atoms with Crippen LogP contribution >= 0.6 is 0 Å². The SMILES string of the molecule is CCC(C)OCCOC(C)OC(C)=O. The first-order chi connectivity index (χ1) is 6.56. The van der Waals surface area contributed by atoms with Crippen LogP contribution in [0.3, 0.4) is 0 Å². The molecule has 0 amide bonds. The molecule has 4 nitrogen and oxygen atoms in total. The summed E-state index contributed by atoms with van der Waals surface area (Å²) < 4.78 is 15.3. The van der Waals surface area contributed by atoms with Gasteiger partial charge in [-0.05, 0) is 20.3 Å². The van der Waals surface area contributed by atoms with Crippen molar-refractivity contribution < 1.29 is 19.0 Å². The van der Waals surface area contributed by atoms with E-state index in [1.807, 2.05) is 6.92 Å². The number of hydrogen-bond acceptors (Lipinski definition) is 4. The Hall–Kier alpha value is -0.610. The molecule has 0 saturated heterocycles. The fourth-order valence-corrected chi connectivity index (χ4v) is 0.849. The Kier molecular flexibility index (Phi) is 7.42. The van der Waals surface area contributed by atoms with E-state index in [-0.39, 0.29) is 12.1 Å². The topological polar surface area (TPSA) is 44.8 Å². The minimum atomic E-state index is -0.493. The molecule has 0 aliphatic heterocycles. The van der Waals surface area contributed by atoms with E-state index in [1.54, 1.807) is 6.92 Å². The Balaban J connectivity index is 3.31. The molecule has 0 heterocycles. The van der Waals surface area contributed by atoms with Gasteiger partial charge in [0.05, 0.1) is 19.3 Å². The van der Waals surface area contributed by atoms with Crippen LogP contribution in [0.15, 0.2) is 0 Å². The van der Waals surface area contributed by atoms with Crippen molar-refractivity contribution in [2.24, 2.45) is 0 Å². The summed E-state index contributed by atoms with van der Waals surface area (Å²) >= 11 is 0. The molecule has 0 saturated carbocycles. The number of rotatable bonds is 7. The minimum Gasteiger partial charge on any atom is -0.436 e. The molecular formula is C10H20O4. The summed E-state index contributed by atoms with van der Waals surface area (Å²) in [5, 5.41) is 0. The zero-order valence-electron chi connectivity index (χ0n) is 9.41. The first kappa shape index (κ1) is 13.4. The van der Waals surface area contributed by atoms with Crippen LogP contribution in [0.1, 0.15) is 34.1 Å². The highest BCUT2D eigenvalue weighted by Crippen LogP contribution is 1.97. The monoisotopic (exact) mass is 204 g/mol. The quantitative estimate of drug-likeness (QED) is 0.360. The molecule has 4 heteroatoms. The lowest BCUT2D eigenvalue weighted by atomic mass is 10.3. The van der Waals surface area contributed by atoms with Crippen molar-refractivity contribution in [3.05, 3.63) is 0 Å². The van der Waals surface area contributed by atoms with Crippen molar-refractivity contribution >= 4 is 5.97 Å². The van der Waals surface area contributed by atoms with Gasteiger partial charge in [0.1, 0.15) is 0 Å². The van der Waals surface area contributed by atoms with Crippen molar-refractivity contribution in [3.63, 3.8) is 0 Å². The maximum absolute atomic E-state index is 10.5. The Bertz CT molecular complexity index is 158. The normalized spacial score (nSPS) is 14.9. The molecule has 2 atom stereocenters. The highest BCUT2D eigenvalue weighted by atomic mass is 16.7. The summed E-state index contributed by atoms with van der Waals surface area (Å²) in [6.45, 7) is 8.09. The molecule has 14 heavy (non-hydrogen) atoms. The smallest absolute Gasteiger partial charge is 0.304 e. The van der Waals surface area contributed by atoms with Crippen molar-refractivity contribution in [1.82, 2.24) is 0 Å². The second kappa shape index (κ2) is 7.76. The van der Waals surface area contributed by atoms with Gasteiger partial charge in [0, 0.05) is 6.92 Å². The van der Waals surface area contributed by atoms with Crippen LogP contribution in [0.4, 0.5) is 0 Å². The third kappa shape index (κ3) is 8.01. The van der Waals surface area contributed by atoms with E-state index in [0.29, 0.717) is 13.2 Å². The number of carbonyl (C=O) groups is 1. The Labute approximate surface area is 85.5 Å². The van der Waals surface area contributed by atoms with Gasteiger partial charge >= 0.3 is 5.97 Å². The number of hydrogen-bond donors (Lipinski definition) is 0. The van der Waals surface area contributed by atoms with Crippen LogP contribution < -0.4 is 0 Å². The number of ether oxygens (including phenoxy) is 3. The molecule has 0 aromatic heterocycles. The lowest BCUT2D eigenvalue weighted by Gasteiger charge is -2.14.